The molecule has 0 saturated carbocycles. The van der Waals surface area contributed by atoms with E-state index in [1.54, 1.807) is 6.26 Å². The standard InChI is InChI=1S/C3H7ClN2O2S2/c1-9-3(5)6-10(7,8)2-4/h2H2,1H3,(H2,5,6). The third-order valence-electron chi connectivity index (χ3n) is 0.576. The Hall–Kier alpha value is 0.0600. The van der Waals surface area contributed by atoms with E-state index in [4.69, 9.17) is 17.3 Å². The Labute approximate surface area is 68.9 Å². The molecule has 0 atom stereocenters. The summed E-state index contributed by atoms with van der Waals surface area (Å²) in [5.74, 6) is 0. The van der Waals surface area contributed by atoms with Gasteiger partial charge < -0.3 is 5.73 Å². The maximum absolute atomic E-state index is 10.6. The fraction of sp³-hybridized carbons (Fsp3) is 0.667. The van der Waals surface area contributed by atoms with Crippen molar-refractivity contribution in [2.75, 3.05) is 11.5 Å². The highest BCUT2D eigenvalue weighted by Gasteiger charge is 2.05. The third-order valence-corrected chi connectivity index (χ3v) is 2.78. The number of rotatable bonds is 2. The lowest BCUT2D eigenvalue weighted by atomic mass is 11.4. The van der Waals surface area contributed by atoms with Crippen LogP contribution in [-0.4, -0.2) is 25.1 Å². The summed E-state index contributed by atoms with van der Waals surface area (Å²) in [4.78, 5) is 0. The minimum atomic E-state index is -3.52. The van der Waals surface area contributed by atoms with Crippen molar-refractivity contribution in [1.29, 1.82) is 0 Å². The summed E-state index contributed by atoms with van der Waals surface area (Å²) < 4.78 is 24.3. The number of nitrogens with two attached hydrogens (primary N) is 1. The van der Waals surface area contributed by atoms with E-state index >= 15 is 0 Å². The molecule has 0 spiro atoms. The number of amidine groups is 1. The molecule has 0 amide bonds. The van der Waals surface area contributed by atoms with Crippen molar-refractivity contribution in [3.8, 4) is 0 Å². The highest BCUT2D eigenvalue weighted by Crippen LogP contribution is 1.99. The largest absolute Gasteiger partial charge is 0.378 e. The van der Waals surface area contributed by atoms with E-state index in [0.29, 0.717) is 0 Å². The first-order valence-corrected chi connectivity index (χ1v) is 5.56. The van der Waals surface area contributed by atoms with Crippen molar-refractivity contribution in [3.63, 3.8) is 0 Å². The summed E-state index contributed by atoms with van der Waals surface area (Å²) >= 11 is 6.09. The number of nitrogens with zero attached hydrogens (tertiary/aromatic N) is 1. The first-order valence-electron chi connectivity index (χ1n) is 2.20. The molecular formula is C3H7ClN2O2S2. The normalized spacial score (nSPS) is 13.6. The van der Waals surface area contributed by atoms with E-state index in [0.717, 1.165) is 11.8 Å². The van der Waals surface area contributed by atoms with Gasteiger partial charge in [-0.05, 0) is 6.26 Å². The number of hydrogen-bond donors (Lipinski definition) is 1. The van der Waals surface area contributed by atoms with Crippen molar-refractivity contribution in [2.45, 2.75) is 0 Å². The molecule has 0 aliphatic carbocycles. The molecule has 0 aromatic heterocycles. The van der Waals surface area contributed by atoms with E-state index in [1.807, 2.05) is 0 Å². The van der Waals surface area contributed by atoms with Crippen LogP contribution in [0.3, 0.4) is 0 Å². The second kappa shape index (κ2) is 4.05. The SMILES string of the molecule is CS/C(N)=N\S(=O)(=O)CCl. The van der Waals surface area contributed by atoms with Crippen LogP contribution in [0.5, 0.6) is 0 Å². The molecule has 0 rings (SSSR count). The third kappa shape index (κ3) is 3.97. The molecule has 7 heteroatoms. The summed E-state index contributed by atoms with van der Waals surface area (Å²) in [6.45, 7) is 0. The van der Waals surface area contributed by atoms with Gasteiger partial charge in [0.2, 0.25) is 0 Å². The molecule has 60 valence electrons. The van der Waals surface area contributed by atoms with E-state index in [9.17, 15) is 8.42 Å². The molecule has 0 aromatic carbocycles. The van der Waals surface area contributed by atoms with Crippen LogP contribution in [0.25, 0.3) is 0 Å². The van der Waals surface area contributed by atoms with Gasteiger partial charge in [-0.2, -0.15) is 0 Å². The van der Waals surface area contributed by atoms with Crippen LogP contribution >= 0.6 is 23.4 Å². The van der Waals surface area contributed by atoms with Gasteiger partial charge in [0.1, 0.15) is 5.21 Å². The Morgan fingerprint density at radius 2 is 2.30 bits per heavy atom. The van der Waals surface area contributed by atoms with Crippen LogP contribution in [0.2, 0.25) is 0 Å². The quantitative estimate of drug-likeness (QED) is 0.394. The molecule has 0 unspecified atom stereocenters. The fourth-order valence-electron chi connectivity index (χ4n) is 0.199. The summed E-state index contributed by atoms with van der Waals surface area (Å²) in [5.41, 5.74) is 5.11. The van der Waals surface area contributed by atoms with E-state index < -0.39 is 15.2 Å². The lowest BCUT2D eigenvalue weighted by Gasteiger charge is -1.92. The molecule has 0 aromatic rings. The highest BCUT2D eigenvalue weighted by molar-refractivity contribution is 8.13. The zero-order valence-corrected chi connectivity index (χ0v) is 7.63. The minimum Gasteiger partial charge on any atom is -0.378 e. The molecule has 0 saturated heterocycles. The van der Waals surface area contributed by atoms with Gasteiger partial charge in [0.25, 0.3) is 10.0 Å². The summed E-state index contributed by atoms with van der Waals surface area (Å²) in [6, 6.07) is 0. The maximum atomic E-state index is 10.6. The van der Waals surface area contributed by atoms with Crippen LogP contribution in [0.1, 0.15) is 0 Å². The molecule has 2 N–H and O–H groups in total. The Morgan fingerprint density at radius 3 is 2.60 bits per heavy atom. The summed E-state index contributed by atoms with van der Waals surface area (Å²) in [5, 5.41) is -0.533. The Bertz CT molecular complexity index is 223. The molecular weight excluding hydrogens is 196 g/mol. The number of alkyl halides is 1. The summed E-state index contributed by atoms with van der Waals surface area (Å²) in [7, 11) is -3.52. The first-order chi connectivity index (χ1) is 4.52. The van der Waals surface area contributed by atoms with Crippen molar-refractivity contribution in [2.24, 2.45) is 10.1 Å². The first kappa shape index (κ1) is 10.1. The molecule has 0 aliphatic rings. The molecule has 0 aliphatic heterocycles. The van der Waals surface area contributed by atoms with E-state index in [1.165, 1.54) is 0 Å². The van der Waals surface area contributed by atoms with Crippen molar-refractivity contribution in [3.05, 3.63) is 0 Å². The van der Waals surface area contributed by atoms with Crippen LogP contribution in [-0.2, 0) is 10.0 Å². The minimum absolute atomic E-state index is 0.000602. The predicted octanol–water partition coefficient (Wildman–Crippen LogP) is 0.190. The number of sulfonamides is 1. The van der Waals surface area contributed by atoms with Gasteiger partial charge in [0.15, 0.2) is 5.17 Å². The zero-order valence-electron chi connectivity index (χ0n) is 5.24. The average molecular weight is 203 g/mol. The molecule has 0 radical (unpaired) electrons. The highest BCUT2D eigenvalue weighted by atomic mass is 35.5. The smallest absolute Gasteiger partial charge is 0.269 e. The number of halogens is 1. The van der Waals surface area contributed by atoms with Crippen molar-refractivity contribution < 1.29 is 8.42 Å². The average Bonchev–Trinajstić information content (AvgIpc) is 1.87. The molecule has 10 heavy (non-hydrogen) atoms. The number of thioether (sulfide) groups is 1. The van der Waals surface area contributed by atoms with Gasteiger partial charge in [-0.25, -0.2) is 8.42 Å². The summed E-state index contributed by atoms with van der Waals surface area (Å²) in [6.07, 6.45) is 1.63. The lowest BCUT2D eigenvalue weighted by Crippen LogP contribution is -2.10. The van der Waals surface area contributed by atoms with Crippen LogP contribution < -0.4 is 5.73 Å². The Morgan fingerprint density at radius 1 is 1.80 bits per heavy atom. The lowest BCUT2D eigenvalue weighted by molar-refractivity contribution is 0.602. The van der Waals surface area contributed by atoms with Gasteiger partial charge in [0, 0.05) is 0 Å². The molecule has 0 fully saturated rings. The molecule has 0 heterocycles. The zero-order chi connectivity index (χ0) is 8.20. The van der Waals surface area contributed by atoms with Gasteiger partial charge in [-0.1, -0.05) is 11.8 Å². The maximum Gasteiger partial charge on any atom is 0.269 e. The number of hydrogen-bond acceptors (Lipinski definition) is 3. The van der Waals surface area contributed by atoms with E-state index in [-0.39, 0.29) is 5.17 Å². The van der Waals surface area contributed by atoms with Crippen molar-refractivity contribution in [1.82, 2.24) is 0 Å². The molecule has 0 bridgehead atoms. The topological polar surface area (TPSA) is 72.5 Å². The fourth-order valence-corrected chi connectivity index (χ4v) is 1.31. The van der Waals surface area contributed by atoms with Crippen LogP contribution in [0.15, 0.2) is 4.40 Å². The van der Waals surface area contributed by atoms with Crippen LogP contribution in [0, 0.1) is 0 Å². The predicted molar refractivity (Wildman–Crippen MR) is 44.8 cm³/mol. The molecule has 4 nitrogen and oxygen atoms in total. The van der Waals surface area contributed by atoms with Gasteiger partial charge in [-0.3, -0.25) is 0 Å². The van der Waals surface area contributed by atoms with Gasteiger partial charge in [0.05, 0.1) is 0 Å². The Balaban J connectivity index is 4.41. The second-order valence-electron chi connectivity index (χ2n) is 1.32. The Kier molecular flexibility index (Phi) is 4.07. The second-order valence-corrected chi connectivity index (χ2v) is 4.37. The monoisotopic (exact) mass is 202 g/mol. The van der Waals surface area contributed by atoms with E-state index in [2.05, 4.69) is 4.40 Å². The van der Waals surface area contributed by atoms with Gasteiger partial charge in [-0.15, -0.1) is 16.0 Å². The van der Waals surface area contributed by atoms with Gasteiger partial charge >= 0.3 is 0 Å². The van der Waals surface area contributed by atoms with Crippen molar-refractivity contribution >= 4 is 38.6 Å². The van der Waals surface area contributed by atoms with Crippen LogP contribution in [0.4, 0.5) is 0 Å².